The number of piperidine rings is 1. The first-order valence-corrected chi connectivity index (χ1v) is 10.8. The van der Waals surface area contributed by atoms with E-state index in [2.05, 4.69) is 29.4 Å². The van der Waals surface area contributed by atoms with E-state index in [0.29, 0.717) is 12.3 Å². The van der Waals surface area contributed by atoms with Crippen molar-refractivity contribution < 1.29 is 14.6 Å². The highest BCUT2D eigenvalue weighted by atomic mass is 16.5. The van der Waals surface area contributed by atoms with Gasteiger partial charge in [-0.1, -0.05) is 18.2 Å². The Morgan fingerprint density at radius 3 is 2.93 bits per heavy atom. The number of hydrogen-bond donors (Lipinski definition) is 2. The summed E-state index contributed by atoms with van der Waals surface area (Å²) < 4.78 is 6.16. The standard InChI is InChI=1S/C23H32N2O3/c26-14-8-18-9-15-28-23(16-18)10-12-25(13-11-23)22(27)7-3-4-19-17-24-21-6-2-1-5-20(19)21/h1-2,5-6,17-18,24,26H,3-4,7-16H2. The number of aliphatic hydroxyl groups is 1. The average molecular weight is 385 g/mol. The first-order valence-electron chi connectivity index (χ1n) is 10.8. The molecule has 152 valence electrons. The SMILES string of the molecule is O=C(CCCc1c[nH]c2ccccc12)N1CCC2(CC1)CC(CCO)CCO2. The number of aryl methyl sites for hydroxylation is 1. The molecule has 1 unspecified atom stereocenters. The Morgan fingerprint density at radius 2 is 2.11 bits per heavy atom. The third-order valence-electron chi connectivity index (χ3n) is 6.67. The lowest BCUT2D eigenvalue weighted by Gasteiger charge is -2.46. The summed E-state index contributed by atoms with van der Waals surface area (Å²) in [7, 11) is 0. The second-order valence-corrected chi connectivity index (χ2v) is 8.50. The van der Waals surface area contributed by atoms with Crippen molar-refractivity contribution >= 4 is 16.8 Å². The molecule has 2 fully saturated rings. The Balaban J connectivity index is 1.24. The summed E-state index contributed by atoms with van der Waals surface area (Å²) in [5.74, 6) is 0.842. The van der Waals surface area contributed by atoms with Crippen LogP contribution in [0.4, 0.5) is 0 Å². The van der Waals surface area contributed by atoms with Crippen LogP contribution in [0.2, 0.25) is 0 Å². The van der Waals surface area contributed by atoms with Gasteiger partial charge in [-0.25, -0.2) is 0 Å². The molecule has 1 aromatic heterocycles. The molecule has 2 aliphatic rings. The van der Waals surface area contributed by atoms with Gasteiger partial charge in [0.05, 0.1) is 5.60 Å². The minimum Gasteiger partial charge on any atom is -0.396 e. The quantitative estimate of drug-likeness (QED) is 0.799. The number of hydrogen-bond acceptors (Lipinski definition) is 3. The molecule has 2 aliphatic heterocycles. The summed E-state index contributed by atoms with van der Waals surface area (Å²) in [4.78, 5) is 18.0. The van der Waals surface area contributed by atoms with Crippen molar-refractivity contribution in [3.8, 4) is 0 Å². The minimum atomic E-state index is -0.0566. The van der Waals surface area contributed by atoms with Crippen molar-refractivity contribution in [2.75, 3.05) is 26.3 Å². The molecule has 5 heteroatoms. The molecule has 1 spiro atoms. The van der Waals surface area contributed by atoms with Gasteiger partial charge in [0.25, 0.3) is 0 Å². The van der Waals surface area contributed by atoms with E-state index >= 15 is 0 Å². The Labute approximate surface area is 167 Å². The van der Waals surface area contributed by atoms with E-state index in [1.165, 1.54) is 10.9 Å². The summed E-state index contributed by atoms with van der Waals surface area (Å²) in [6.07, 6.45) is 9.34. The lowest BCUT2D eigenvalue weighted by molar-refractivity contribution is -0.147. The molecular weight excluding hydrogens is 352 g/mol. The van der Waals surface area contributed by atoms with Gasteiger partial charge in [0.1, 0.15) is 0 Å². The van der Waals surface area contributed by atoms with Crippen LogP contribution in [0.5, 0.6) is 0 Å². The number of carbonyl (C=O) groups excluding carboxylic acids is 1. The third-order valence-corrected chi connectivity index (χ3v) is 6.67. The topological polar surface area (TPSA) is 65.6 Å². The van der Waals surface area contributed by atoms with E-state index in [-0.39, 0.29) is 18.1 Å². The van der Waals surface area contributed by atoms with Crippen molar-refractivity contribution in [1.82, 2.24) is 9.88 Å². The third kappa shape index (κ3) is 4.26. The molecule has 0 saturated carbocycles. The number of benzene rings is 1. The fourth-order valence-corrected chi connectivity index (χ4v) is 5.00. The summed E-state index contributed by atoms with van der Waals surface area (Å²) in [6.45, 7) is 2.67. The predicted molar refractivity (Wildman–Crippen MR) is 110 cm³/mol. The molecule has 2 N–H and O–H groups in total. The number of ether oxygens (including phenoxy) is 1. The zero-order valence-corrected chi connectivity index (χ0v) is 16.7. The number of aromatic nitrogens is 1. The van der Waals surface area contributed by atoms with E-state index in [1.54, 1.807) is 0 Å². The molecule has 1 aromatic carbocycles. The second-order valence-electron chi connectivity index (χ2n) is 8.50. The second kappa shape index (κ2) is 8.66. The predicted octanol–water partition coefficient (Wildman–Crippen LogP) is 3.66. The lowest BCUT2D eigenvalue weighted by Crippen LogP contribution is -2.50. The van der Waals surface area contributed by atoms with Crippen LogP contribution in [0.3, 0.4) is 0 Å². The molecule has 3 heterocycles. The summed E-state index contributed by atoms with van der Waals surface area (Å²) in [5.41, 5.74) is 2.41. The Bertz CT molecular complexity index is 790. The number of carbonyl (C=O) groups is 1. The Morgan fingerprint density at radius 1 is 1.29 bits per heavy atom. The van der Waals surface area contributed by atoms with Crippen LogP contribution in [0, 0.1) is 5.92 Å². The van der Waals surface area contributed by atoms with Gasteiger partial charge in [0.15, 0.2) is 0 Å². The maximum absolute atomic E-state index is 12.7. The normalized spacial score (nSPS) is 22.0. The van der Waals surface area contributed by atoms with Gasteiger partial charge in [0, 0.05) is 49.8 Å². The molecule has 0 bridgehead atoms. The number of aliphatic hydroxyl groups excluding tert-OH is 1. The fourth-order valence-electron chi connectivity index (χ4n) is 5.00. The molecule has 1 amide bonds. The molecule has 28 heavy (non-hydrogen) atoms. The van der Waals surface area contributed by atoms with Crippen molar-refractivity contribution in [3.63, 3.8) is 0 Å². The molecule has 0 aliphatic carbocycles. The Kier molecular flexibility index (Phi) is 6.02. The van der Waals surface area contributed by atoms with Gasteiger partial charge in [-0.15, -0.1) is 0 Å². The number of para-hydroxylation sites is 1. The number of rotatable bonds is 6. The van der Waals surface area contributed by atoms with Crippen molar-refractivity contribution in [1.29, 1.82) is 0 Å². The van der Waals surface area contributed by atoms with Crippen LogP contribution in [0.25, 0.3) is 10.9 Å². The molecule has 2 saturated heterocycles. The van der Waals surface area contributed by atoms with Gasteiger partial charge in [0.2, 0.25) is 5.91 Å². The largest absolute Gasteiger partial charge is 0.396 e. The summed E-state index contributed by atoms with van der Waals surface area (Å²) >= 11 is 0. The zero-order valence-electron chi connectivity index (χ0n) is 16.7. The van der Waals surface area contributed by atoms with E-state index in [1.807, 2.05) is 11.0 Å². The number of nitrogens with zero attached hydrogens (tertiary/aromatic N) is 1. The summed E-state index contributed by atoms with van der Waals surface area (Å²) in [5, 5.41) is 10.5. The number of likely N-dealkylation sites (tertiary alicyclic amines) is 1. The van der Waals surface area contributed by atoms with Gasteiger partial charge in [-0.05, 0) is 62.5 Å². The first-order chi connectivity index (χ1) is 13.7. The average Bonchev–Trinajstić information content (AvgIpc) is 3.12. The number of H-pyrrole nitrogens is 1. The van der Waals surface area contributed by atoms with E-state index < -0.39 is 0 Å². The van der Waals surface area contributed by atoms with Crippen LogP contribution in [-0.4, -0.2) is 52.8 Å². The molecule has 2 aromatic rings. The number of nitrogens with one attached hydrogen (secondary N) is 1. The molecule has 0 radical (unpaired) electrons. The van der Waals surface area contributed by atoms with Crippen molar-refractivity contribution in [2.45, 2.75) is 57.0 Å². The van der Waals surface area contributed by atoms with Crippen molar-refractivity contribution in [2.24, 2.45) is 5.92 Å². The number of aromatic amines is 1. The van der Waals surface area contributed by atoms with Gasteiger partial charge >= 0.3 is 0 Å². The van der Waals surface area contributed by atoms with Crippen LogP contribution in [0.15, 0.2) is 30.5 Å². The van der Waals surface area contributed by atoms with E-state index in [9.17, 15) is 9.90 Å². The first kappa shape index (κ1) is 19.5. The molecular formula is C23H32N2O3. The summed E-state index contributed by atoms with van der Waals surface area (Å²) in [6, 6.07) is 8.33. The highest BCUT2D eigenvalue weighted by Crippen LogP contribution is 2.38. The van der Waals surface area contributed by atoms with Crippen molar-refractivity contribution in [3.05, 3.63) is 36.0 Å². The van der Waals surface area contributed by atoms with E-state index in [0.717, 1.165) is 70.2 Å². The van der Waals surface area contributed by atoms with Crippen LogP contribution in [-0.2, 0) is 16.0 Å². The highest BCUT2D eigenvalue weighted by molar-refractivity contribution is 5.83. The molecule has 4 rings (SSSR count). The van der Waals surface area contributed by atoms with Gasteiger partial charge < -0.3 is 19.7 Å². The highest BCUT2D eigenvalue weighted by Gasteiger charge is 2.40. The Hall–Kier alpha value is -1.85. The molecule has 5 nitrogen and oxygen atoms in total. The fraction of sp³-hybridized carbons (Fsp3) is 0.609. The number of fused-ring (bicyclic) bond motifs is 1. The monoisotopic (exact) mass is 384 g/mol. The van der Waals surface area contributed by atoms with Crippen LogP contribution < -0.4 is 0 Å². The zero-order chi connectivity index (χ0) is 19.4. The smallest absolute Gasteiger partial charge is 0.222 e. The molecule has 1 atom stereocenters. The van der Waals surface area contributed by atoms with Crippen LogP contribution in [0.1, 0.15) is 50.5 Å². The maximum Gasteiger partial charge on any atom is 0.222 e. The maximum atomic E-state index is 12.7. The van der Waals surface area contributed by atoms with Gasteiger partial charge in [-0.3, -0.25) is 4.79 Å². The lowest BCUT2D eigenvalue weighted by atomic mass is 9.78. The van der Waals surface area contributed by atoms with E-state index in [4.69, 9.17) is 4.74 Å². The van der Waals surface area contributed by atoms with Crippen LogP contribution >= 0.6 is 0 Å². The minimum absolute atomic E-state index is 0.0566. The number of amides is 1. The van der Waals surface area contributed by atoms with Gasteiger partial charge in [-0.2, -0.15) is 0 Å².